The largest absolute Gasteiger partial charge is 0.376 e. The van der Waals surface area contributed by atoms with Crippen LogP contribution in [0.4, 0.5) is 0 Å². The highest BCUT2D eigenvalue weighted by atomic mass is 16.5. The molecule has 0 heterocycles. The van der Waals surface area contributed by atoms with Crippen LogP contribution in [0.5, 0.6) is 0 Å². The van der Waals surface area contributed by atoms with Crippen molar-refractivity contribution >= 4 is 5.78 Å². The van der Waals surface area contributed by atoms with Gasteiger partial charge in [0.2, 0.25) is 0 Å². The molecule has 0 saturated heterocycles. The Labute approximate surface area is 86.0 Å². The summed E-state index contributed by atoms with van der Waals surface area (Å²) >= 11 is 0. The number of hydrogen-bond acceptors (Lipinski definition) is 2. The van der Waals surface area contributed by atoms with Gasteiger partial charge in [-0.25, -0.2) is 0 Å². The summed E-state index contributed by atoms with van der Waals surface area (Å²) in [6, 6.07) is 0. The van der Waals surface area contributed by atoms with Gasteiger partial charge in [0, 0.05) is 18.4 Å². The SMILES string of the molecule is CCOC1(C)CC2CCCC(C1)C2=O. The van der Waals surface area contributed by atoms with E-state index >= 15 is 0 Å². The van der Waals surface area contributed by atoms with Crippen LogP contribution in [0, 0.1) is 11.8 Å². The molecule has 2 nitrogen and oxygen atoms in total. The molecule has 2 unspecified atom stereocenters. The van der Waals surface area contributed by atoms with Crippen LogP contribution in [-0.2, 0) is 9.53 Å². The maximum atomic E-state index is 11.8. The highest BCUT2D eigenvalue weighted by Gasteiger charge is 2.44. The molecule has 80 valence electrons. The lowest BCUT2D eigenvalue weighted by atomic mass is 9.65. The number of carbonyl (C=O) groups excluding carboxylic acids is 1. The van der Waals surface area contributed by atoms with E-state index in [0.717, 1.165) is 32.3 Å². The molecule has 0 radical (unpaired) electrons. The second-order valence-corrected chi connectivity index (χ2v) is 5.02. The molecule has 2 fully saturated rings. The van der Waals surface area contributed by atoms with Crippen LogP contribution >= 0.6 is 0 Å². The molecule has 0 amide bonds. The van der Waals surface area contributed by atoms with Crippen molar-refractivity contribution in [2.45, 2.75) is 51.6 Å². The van der Waals surface area contributed by atoms with E-state index in [2.05, 4.69) is 6.92 Å². The van der Waals surface area contributed by atoms with Gasteiger partial charge in [-0.15, -0.1) is 0 Å². The molecule has 0 aliphatic heterocycles. The van der Waals surface area contributed by atoms with Gasteiger partial charge in [-0.3, -0.25) is 4.79 Å². The second kappa shape index (κ2) is 3.65. The van der Waals surface area contributed by atoms with Gasteiger partial charge in [0.15, 0.2) is 0 Å². The van der Waals surface area contributed by atoms with Crippen LogP contribution in [0.15, 0.2) is 0 Å². The third-order valence-electron chi connectivity index (χ3n) is 3.76. The van der Waals surface area contributed by atoms with Gasteiger partial charge < -0.3 is 4.74 Å². The van der Waals surface area contributed by atoms with Crippen molar-refractivity contribution in [3.63, 3.8) is 0 Å². The predicted molar refractivity (Wildman–Crippen MR) is 55.1 cm³/mol. The summed E-state index contributed by atoms with van der Waals surface area (Å²) in [7, 11) is 0. The molecular formula is C12H20O2. The van der Waals surface area contributed by atoms with E-state index < -0.39 is 0 Å². The summed E-state index contributed by atoms with van der Waals surface area (Å²) in [5.41, 5.74) is -0.0155. The lowest BCUT2D eigenvalue weighted by Crippen LogP contribution is -2.46. The molecule has 0 N–H and O–H groups in total. The number of rotatable bonds is 2. The minimum atomic E-state index is -0.0155. The molecule has 0 aromatic rings. The third-order valence-corrected chi connectivity index (χ3v) is 3.76. The Morgan fingerprint density at radius 1 is 1.36 bits per heavy atom. The van der Waals surface area contributed by atoms with E-state index in [4.69, 9.17) is 4.74 Å². The fraction of sp³-hybridized carbons (Fsp3) is 0.917. The Morgan fingerprint density at radius 2 is 1.93 bits per heavy atom. The fourth-order valence-corrected chi connectivity index (χ4v) is 3.23. The average molecular weight is 196 g/mol. The van der Waals surface area contributed by atoms with Crippen molar-refractivity contribution in [1.82, 2.24) is 0 Å². The Morgan fingerprint density at radius 3 is 2.43 bits per heavy atom. The summed E-state index contributed by atoms with van der Waals surface area (Å²) in [5, 5.41) is 0. The van der Waals surface area contributed by atoms with Crippen LogP contribution in [0.25, 0.3) is 0 Å². The zero-order valence-corrected chi connectivity index (χ0v) is 9.21. The van der Waals surface area contributed by atoms with Gasteiger partial charge in [0.1, 0.15) is 5.78 Å². The monoisotopic (exact) mass is 196 g/mol. The van der Waals surface area contributed by atoms with Crippen molar-refractivity contribution in [2.75, 3.05) is 6.61 Å². The van der Waals surface area contributed by atoms with Gasteiger partial charge in [-0.1, -0.05) is 6.42 Å². The average Bonchev–Trinajstić information content (AvgIpc) is 2.08. The van der Waals surface area contributed by atoms with Gasteiger partial charge >= 0.3 is 0 Å². The topological polar surface area (TPSA) is 26.3 Å². The quantitative estimate of drug-likeness (QED) is 0.678. The number of carbonyl (C=O) groups is 1. The number of Topliss-reactive ketones (excluding diaryl/α,β-unsaturated/α-hetero) is 1. The maximum absolute atomic E-state index is 11.8. The minimum absolute atomic E-state index is 0.0155. The smallest absolute Gasteiger partial charge is 0.139 e. The molecule has 2 saturated carbocycles. The van der Waals surface area contributed by atoms with Crippen LogP contribution in [0.3, 0.4) is 0 Å². The van der Waals surface area contributed by atoms with E-state index in [9.17, 15) is 4.79 Å². The van der Waals surface area contributed by atoms with Crippen molar-refractivity contribution in [1.29, 1.82) is 0 Å². The Balaban J connectivity index is 2.10. The summed E-state index contributed by atoms with van der Waals surface area (Å²) < 4.78 is 5.80. The molecule has 2 heteroatoms. The molecule has 0 aromatic heterocycles. The number of hydrogen-bond donors (Lipinski definition) is 0. The summed E-state index contributed by atoms with van der Waals surface area (Å²) in [4.78, 5) is 11.8. The van der Waals surface area contributed by atoms with Gasteiger partial charge in [-0.05, 0) is 39.5 Å². The first-order valence-electron chi connectivity index (χ1n) is 5.82. The van der Waals surface area contributed by atoms with Crippen LogP contribution < -0.4 is 0 Å². The second-order valence-electron chi connectivity index (χ2n) is 5.02. The third kappa shape index (κ3) is 1.72. The number of ketones is 1. The molecule has 0 spiro atoms. The molecule has 2 aliphatic rings. The normalized spacial score (nSPS) is 42.6. The van der Waals surface area contributed by atoms with E-state index in [1.54, 1.807) is 0 Å². The zero-order chi connectivity index (χ0) is 10.2. The lowest BCUT2D eigenvalue weighted by molar-refractivity contribution is -0.146. The minimum Gasteiger partial charge on any atom is -0.376 e. The van der Waals surface area contributed by atoms with E-state index in [1.165, 1.54) is 6.42 Å². The Bertz CT molecular complexity index is 218. The molecule has 2 rings (SSSR count). The van der Waals surface area contributed by atoms with Crippen molar-refractivity contribution in [3.8, 4) is 0 Å². The summed E-state index contributed by atoms with van der Waals surface area (Å²) in [5.74, 6) is 1.13. The summed E-state index contributed by atoms with van der Waals surface area (Å²) in [6.45, 7) is 4.98. The highest BCUT2D eigenvalue weighted by molar-refractivity contribution is 5.85. The highest BCUT2D eigenvalue weighted by Crippen LogP contribution is 2.43. The first kappa shape index (κ1) is 10.2. The van der Waals surface area contributed by atoms with Crippen LogP contribution in [0.2, 0.25) is 0 Å². The number of fused-ring (bicyclic) bond motifs is 2. The molecule has 0 aromatic carbocycles. The van der Waals surface area contributed by atoms with Crippen LogP contribution in [0.1, 0.15) is 46.0 Å². The molecular weight excluding hydrogens is 176 g/mol. The van der Waals surface area contributed by atoms with Gasteiger partial charge in [0.25, 0.3) is 0 Å². The Hall–Kier alpha value is -0.370. The van der Waals surface area contributed by atoms with Crippen molar-refractivity contribution in [3.05, 3.63) is 0 Å². The molecule has 14 heavy (non-hydrogen) atoms. The Kier molecular flexibility index (Phi) is 2.65. The van der Waals surface area contributed by atoms with Crippen molar-refractivity contribution < 1.29 is 9.53 Å². The van der Waals surface area contributed by atoms with Gasteiger partial charge in [-0.2, -0.15) is 0 Å². The standard InChI is InChI=1S/C12H20O2/c1-3-14-12(2)7-9-5-4-6-10(8-12)11(9)13/h9-10H,3-8H2,1-2H3. The van der Waals surface area contributed by atoms with E-state index in [-0.39, 0.29) is 5.60 Å². The zero-order valence-electron chi connectivity index (χ0n) is 9.21. The molecule has 2 atom stereocenters. The first-order chi connectivity index (χ1) is 6.64. The molecule has 2 aliphatic carbocycles. The van der Waals surface area contributed by atoms with Crippen molar-refractivity contribution in [2.24, 2.45) is 11.8 Å². The number of ether oxygens (including phenoxy) is 1. The predicted octanol–water partition coefficient (Wildman–Crippen LogP) is 2.56. The molecule has 2 bridgehead atoms. The fourth-order valence-electron chi connectivity index (χ4n) is 3.23. The van der Waals surface area contributed by atoms with Gasteiger partial charge in [0.05, 0.1) is 5.60 Å². The first-order valence-corrected chi connectivity index (χ1v) is 5.82. The maximum Gasteiger partial charge on any atom is 0.139 e. The van der Waals surface area contributed by atoms with E-state index in [0.29, 0.717) is 17.6 Å². The van der Waals surface area contributed by atoms with E-state index in [1.807, 2.05) is 6.92 Å². The lowest BCUT2D eigenvalue weighted by Gasteiger charge is -2.43. The summed E-state index contributed by atoms with van der Waals surface area (Å²) in [6.07, 6.45) is 5.34. The van der Waals surface area contributed by atoms with Crippen LogP contribution in [-0.4, -0.2) is 18.0 Å².